The molecule has 1 fully saturated rings. The van der Waals surface area contributed by atoms with E-state index in [9.17, 15) is 4.79 Å². The van der Waals surface area contributed by atoms with Gasteiger partial charge >= 0.3 is 6.09 Å². The number of amides is 1. The lowest BCUT2D eigenvalue weighted by molar-refractivity contribution is -0.281. The van der Waals surface area contributed by atoms with E-state index in [0.717, 1.165) is 5.57 Å². The number of alkyl carbamates (subject to hydrolysis) is 1. The van der Waals surface area contributed by atoms with E-state index in [1.54, 1.807) is 6.08 Å². The number of ether oxygens (including phenoxy) is 3. The molecule has 1 rings (SSSR count). The van der Waals surface area contributed by atoms with Crippen molar-refractivity contribution in [3.05, 3.63) is 11.6 Å². The first kappa shape index (κ1) is 18.9. The van der Waals surface area contributed by atoms with Gasteiger partial charge in [-0.2, -0.15) is 0 Å². The molecule has 0 bridgehead atoms. The summed E-state index contributed by atoms with van der Waals surface area (Å²) < 4.78 is 16.8. The Bertz CT molecular complexity index is 411. The molecule has 0 saturated carbocycles. The van der Waals surface area contributed by atoms with Crippen LogP contribution in [0.1, 0.15) is 48.0 Å². The van der Waals surface area contributed by atoms with Crippen LogP contribution in [-0.4, -0.2) is 47.9 Å². The van der Waals surface area contributed by atoms with Gasteiger partial charge in [-0.25, -0.2) is 4.79 Å². The van der Waals surface area contributed by atoms with Crippen LogP contribution in [0.3, 0.4) is 0 Å². The molecule has 6 nitrogen and oxygen atoms in total. The van der Waals surface area contributed by atoms with Crippen LogP contribution in [0.25, 0.3) is 0 Å². The molecule has 0 radical (unpaired) electrons. The molecular weight excluding hydrogens is 286 g/mol. The highest BCUT2D eigenvalue weighted by Gasteiger charge is 2.37. The summed E-state index contributed by atoms with van der Waals surface area (Å²) in [5, 5.41) is 11.8. The first-order chi connectivity index (χ1) is 10.0. The molecule has 1 heterocycles. The van der Waals surface area contributed by atoms with Crippen molar-refractivity contribution < 1.29 is 24.1 Å². The lowest BCUT2D eigenvalue weighted by Gasteiger charge is -2.41. The normalized spacial score (nSPS) is 25.7. The average molecular weight is 315 g/mol. The van der Waals surface area contributed by atoms with Crippen molar-refractivity contribution in [2.75, 3.05) is 13.2 Å². The summed E-state index contributed by atoms with van der Waals surface area (Å²) in [6.07, 6.45) is 1.61. The molecule has 0 aliphatic carbocycles. The summed E-state index contributed by atoms with van der Waals surface area (Å²) in [5.41, 5.74) is 0.447. The molecule has 1 aliphatic heterocycles. The first-order valence-corrected chi connectivity index (χ1v) is 7.60. The van der Waals surface area contributed by atoms with Crippen LogP contribution in [0.5, 0.6) is 0 Å². The van der Waals surface area contributed by atoms with Crippen molar-refractivity contribution in [3.63, 3.8) is 0 Å². The zero-order valence-corrected chi connectivity index (χ0v) is 14.4. The minimum Gasteiger partial charge on any atom is -0.444 e. The van der Waals surface area contributed by atoms with E-state index in [1.807, 2.05) is 41.5 Å². The summed E-state index contributed by atoms with van der Waals surface area (Å²) in [5.74, 6) is -0.698. The molecule has 2 N–H and O–H groups in total. The number of rotatable bonds is 4. The predicted octanol–water partition coefficient (Wildman–Crippen LogP) is 2.36. The second-order valence-corrected chi connectivity index (χ2v) is 7.06. The molecule has 1 amide bonds. The maximum atomic E-state index is 11.9. The van der Waals surface area contributed by atoms with Crippen LogP contribution in [0.4, 0.5) is 4.79 Å². The van der Waals surface area contributed by atoms with Gasteiger partial charge in [0.25, 0.3) is 0 Å². The fraction of sp³-hybridized carbons (Fsp3) is 0.812. The van der Waals surface area contributed by atoms with Crippen LogP contribution in [0, 0.1) is 0 Å². The Morgan fingerprint density at radius 1 is 1.45 bits per heavy atom. The molecule has 2 atom stereocenters. The number of hydrogen-bond donors (Lipinski definition) is 2. The Kier molecular flexibility index (Phi) is 6.40. The second kappa shape index (κ2) is 7.44. The van der Waals surface area contributed by atoms with Crippen molar-refractivity contribution in [3.8, 4) is 0 Å². The van der Waals surface area contributed by atoms with Crippen molar-refractivity contribution >= 4 is 6.09 Å². The van der Waals surface area contributed by atoms with E-state index in [1.165, 1.54) is 0 Å². The summed E-state index contributed by atoms with van der Waals surface area (Å²) in [7, 11) is 0. The Morgan fingerprint density at radius 2 is 2.09 bits per heavy atom. The Hall–Kier alpha value is -1.11. The molecule has 128 valence electrons. The van der Waals surface area contributed by atoms with Gasteiger partial charge in [0.05, 0.1) is 25.4 Å². The summed E-state index contributed by atoms with van der Waals surface area (Å²) >= 11 is 0. The third-order valence-corrected chi connectivity index (χ3v) is 3.16. The van der Waals surface area contributed by atoms with Crippen molar-refractivity contribution in [1.29, 1.82) is 0 Å². The number of hydrogen-bond acceptors (Lipinski definition) is 5. The van der Waals surface area contributed by atoms with Gasteiger partial charge in [0.15, 0.2) is 5.79 Å². The zero-order chi connectivity index (χ0) is 17.0. The van der Waals surface area contributed by atoms with Crippen molar-refractivity contribution in [2.24, 2.45) is 0 Å². The van der Waals surface area contributed by atoms with Crippen molar-refractivity contribution in [2.45, 2.75) is 71.5 Å². The summed E-state index contributed by atoms with van der Waals surface area (Å²) in [6.45, 7) is 11.4. The lowest BCUT2D eigenvalue weighted by Crippen LogP contribution is -2.56. The fourth-order valence-corrected chi connectivity index (χ4v) is 2.21. The largest absolute Gasteiger partial charge is 0.444 e. The van der Waals surface area contributed by atoms with Gasteiger partial charge in [0, 0.05) is 0 Å². The number of carbonyl (C=O) groups excluding carboxylic acids is 1. The average Bonchev–Trinajstić information content (AvgIpc) is 2.30. The maximum absolute atomic E-state index is 11.9. The maximum Gasteiger partial charge on any atom is 0.408 e. The highest BCUT2D eigenvalue weighted by Crippen LogP contribution is 2.26. The van der Waals surface area contributed by atoms with E-state index in [-0.39, 0.29) is 18.8 Å². The van der Waals surface area contributed by atoms with Gasteiger partial charge in [0.1, 0.15) is 5.60 Å². The van der Waals surface area contributed by atoms with Gasteiger partial charge in [-0.15, -0.1) is 0 Å². The SMILES string of the molecule is C/C(=C\CO)C[C@@H]1OC(C)(C)OC[C@@H]1NC(=O)OC(C)(C)C. The topological polar surface area (TPSA) is 77.0 Å². The van der Waals surface area contributed by atoms with Crippen LogP contribution >= 0.6 is 0 Å². The Balaban J connectivity index is 2.72. The third-order valence-electron chi connectivity index (χ3n) is 3.16. The van der Waals surface area contributed by atoms with E-state index in [0.29, 0.717) is 13.0 Å². The molecule has 22 heavy (non-hydrogen) atoms. The quantitative estimate of drug-likeness (QED) is 0.779. The molecule has 6 heteroatoms. The zero-order valence-electron chi connectivity index (χ0n) is 14.4. The minimum atomic E-state index is -0.698. The van der Waals surface area contributed by atoms with E-state index >= 15 is 0 Å². The number of aliphatic hydroxyl groups is 1. The van der Waals surface area contributed by atoms with Crippen LogP contribution < -0.4 is 5.32 Å². The molecule has 0 unspecified atom stereocenters. The van der Waals surface area contributed by atoms with Crippen LogP contribution in [0.15, 0.2) is 11.6 Å². The summed E-state index contributed by atoms with van der Waals surface area (Å²) in [4.78, 5) is 11.9. The number of aliphatic hydroxyl groups excluding tert-OH is 1. The minimum absolute atomic E-state index is 0.0113. The van der Waals surface area contributed by atoms with E-state index in [4.69, 9.17) is 19.3 Å². The smallest absolute Gasteiger partial charge is 0.408 e. The summed E-state index contributed by atoms with van der Waals surface area (Å²) in [6, 6.07) is -0.301. The fourth-order valence-electron chi connectivity index (χ4n) is 2.21. The monoisotopic (exact) mass is 315 g/mol. The van der Waals surface area contributed by atoms with Gasteiger partial charge in [-0.1, -0.05) is 11.6 Å². The van der Waals surface area contributed by atoms with Crippen molar-refractivity contribution in [1.82, 2.24) is 5.32 Å². The molecule has 1 saturated heterocycles. The van der Waals surface area contributed by atoms with Gasteiger partial charge in [0.2, 0.25) is 0 Å². The molecular formula is C16H29NO5. The highest BCUT2D eigenvalue weighted by molar-refractivity contribution is 5.68. The second-order valence-electron chi connectivity index (χ2n) is 7.06. The standard InChI is InChI=1S/C16H29NO5/c1-11(7-8-18)9-13-12(10-20-16(5,6)21-13)17-14(19)22-15(2,3)4/h7,12-13,18H,8-10H2,1-6H3,(H,17,19)/b11-7+/t12-,13-/m0/s1. The van der Waals surface area contributed by atoms with E-state index in [2.05, 4.69) is 5.32 Å². The molecule has 0 spiro atoms. The molecule has 1 aliphatic rings. The third kappa shape index (κ3) is 6.77. The lowest BCUT2D eigenvalue weighted by atomic mass is 10.0. The Morgan fingerprint density at radius 3 is 2.64 bits per heavy atom. The van der Waals surface area contributed by atoms with Gasteiger partial charge in [-0.05, 0) is 48.0 Å². The molecule has 0 aromatic rings. The highest BCUT2D eigenvalue weighted by atomic mass is 16.7. The van der Waals surface area contributed by atoms with Crippen LogP contribution in [0.2, 0.25) is 0 Å². The molecule has 0 aromatic heterocycles. The van der Waals surface area contributed by atoms with Crippen LogP contribution in [-0.2, 0) is 14.2 Å². The first-order valence-electron chi connectivity index (χ1n) is 7.60. The van der Waals surface area contributed by atoms with E-state index < -0.39 is 17.5 Å². The predicted molar refractivity (Wildman–Crippen MR) is 83.5 cm³/mol. The Labute approximate surface area is 132 Å². The number of nitrogens with one attached hydrogen (secondary N) is 1. The van der Waals surface area contributed by atoms with Gasteiger partial charge in [-0.3, -0.25) is 0 Å². The number of carbonyl (C=O) groups is 1. The molecule has 0 aromatic carbocycles. The van der Waals surface area contributed by atoms with Gasteiger partial charge < -0.3 is 24.6 Å².